The van der Waals surface area contributed by atoms with Crippen LogP contribution in [0, 0.1) is 0 Å². The molecule has 2 aromatic carbocycles. The highest BCUT2D eigenvalue weighted by Crippen LogP contribution is 2.20. The number of hydrogen-bond donors (Lipinski definition) is 1. The maximum absolute atomic E-state index is 5.79. The summed E-state index contributed by atoms with van der Waals surface area (Å²) in [5, 5.41) is 0. The summed E-state index contributed by atoms with van der Waals surface area (Å²) in [6.07, 6.45) is 0.827. The Bertz CT molecular complexity index is 564. The number of benzene rings is 2. The molecule has 3 heteroatoms. The van der Waals surface area contributed by atoms with E-state index < -0.39 is 0 Å². The molecule has 0 atom stereocenters. The quantitative estimate of drug-likeness (QED) is 0.755. The lowest BCUT2D eigenvalue weighted by atomic mass is 10.0. The fourth-order valence-corrected chi connectivity index (χ4v) is 2.27. The van der Waals surface area contributed by atoms with Gasteiger partial charge in [0.15, 0.2) is 0 Å². The lowest BCUT2D eigenvalue weighted by molar-refractivity contribution is 0.216. The molecule has 0 saturated heterocycles. The monoisotopic (exact) mass is 299 g/mol. The van der Waals surface area contributed by atoms with E-state index in [0.29, 0.717) is 25.7 Å². The first-order valence-electron chi connectivity index (χ1n) is 7.84. The van der Waals surface area contributed by atoms with Gasteiger partial charge in [0.25, 0.3) is 0 Å². The van der Waals surface area contributed by atoms with Gasteiger partial charge >= 0.3 is 0 Å². The summed E-state index contributed by atoms with van der Waals surface area (Å²) in [6, 6.07) is 16.2. The standard InChI is InChI=1S/C19H25NO2/c1-15(2)16-7-9-18(10-8-16)21-13-14-22-19-6-4-3-5-17(19)11-12-20/h3-10,15H,11-14,20H2,1-2H3. The Morgan fingerprint density at radius 3 is 2.27 bits per heavy atom. The lowest BCUT2D eigenvalue weighted by Gasteiger charge is -2.12. The van der Waals surface area contributed by atoms with E-state index in [2.05, 4.69) is 26.0 Å². The predicted octanol–water partition coefficient (Wildman–Crippen LogP) is 3.77. The second-order valence-corrected chi connectivity index (χ2v) is 5.57. The van der Waals surface area contributed by atoms with Gasteiger partial charge in [-0.15, -0.1) is 0 Å². The van der Waals surface area contributed by atoms with Crippen molar-refractivity contribution in [3.8, 4) is 11.5 Å². The normalized spacial score (nSPS) is 10.7. The Morgan fingerprint density at radius 2 is 1.59 bits per heavy atom. The van der Waals surface area contributed by atoms with E-state index in [0.717, 1.165) is 23.5 Å². The molecule has 0 saturated carbocycles. The van der Waals surface area contributed by atoms with Gasteiger partial charge in [-0.1, -0.05) is 44.2 Å². The van der Waals surface area contributed by atoms with Crippen molar-refractivity contribution < 1.29 is 9.47 Å². The van der Waals surface area contributed by atoms with Crippen molar-refractivity contribution in [2.75, 3.05) is 19.8 Å². The highest BCUT2D eigenvalue weighted by molar-refractivity contribution is 5.33. The van der Waals surface area contributed by atoms with Gasteiger partial charge in [-0.25, -0.2) is 0 Å². The Balaban J connectivity index is 1.79. The zero-order chi connectivity index (χ0) is 15.8. The number of rotatable bonds is 8. The van der Waals surface area contributed by atoms with E-state index in [-0.39, 0.29) is 0 Å². The maximum atomic E-state index is 5.79. The van der Waals surface area contributed by atoms with Gasteiger partial charge in [0.05, 0.1) is 0 Å². The Kier molecular flexibility index (Phi) is 6.28. The molecule has 22 heavy (non-hydrogen) atoms. The topological polar surface area (TPSA) is 44.5 Å². The van der Waals surface area contributed by atoms with Gasteiger partial charge in [-0.3, -0.25) is 0 Å². The van der Waals surface area contributed by atoms with Gasteiger partial charge in [0, 0.05) is 0 Å². The average molecular weight is 299 g/mol. The molecule has 3 nitrogen and oxygen atoms in total. The number of hydrogen-bond acceptors (Lipinski definition) is 3. The van der Waals surface area contributed by atoms with E-state index in [9.17, 15) is 0 Å². The van der Waals surface area contributed by atoms with Crippen LogP contribution in [-0.4, -0.2) is 19.8 Å². The first-order chi connectivity index (χ1) is 10.7. The molecular weight excluding hydrogens is 274 g/mol. The summed E-state index contributed by atoms with van der Waals surface area (Å²) in [6.45, 7) is 6.04. The van der Waals surface area contributed by atoms with Crippen LogP contribution in [0.2, 0.25) is 0 Å². The summed E-state index contributed by atoms with van der Waals surface area (Å²) in [5.74, 6) is 2.31. The molecule has 0 amide bonds. The molecule has 2 aromatic rings. The Labute approximate surface area is 133 Å². The van der Waals surface area contributed by atoms with Crippen LogP contribution < -0.4 is 15.2 Å². The first-order valence-corrected chi connectivity index (χ1v) is 7.84. The van der Waals surface area contributed by atoms with Crippen molar-refractivity contribution in [3.05, 3.63) is 59.7 Å². The molecule has 0 aromatic heterocycles. The summed E-state index contributed by atoms with van der Waals surface area (Å²) < 4.78 is 11.5. The maximum Gasteiger partial charge on any atom is 0.122 e. The molecule has 0 aliphatic carbocycles. The SMILES string of the molecule is CC(C)c1ccc(OCCOc2ccccc2CCN)cc1. The minimum Gasteiger partial charge on any atom is -0.490 e. The smallest absolute Gasteiger partial charge is 0.122 e. The third kappa shape index (κ3) is 4.78. The van der Waals surface area contributed by atoms with Crippen LogP contribution in [0.4, 0.5) is 0 Å². The Hall–Kier alpha value is -2.00. The minimum absolute atomic E-state index is 0.521. The van der Waals surface area contributed by atoms with Crippen molar-refractivity contribution >= 4 is 0 Å². The van der Waals surface area contributed by atoms with Gasteiger partial charge in [0.1, 0.15) is 24.7 Å². The summed E-state index contributed by atoms with van der Waals surface area (Å²) >= 11 is 0. The van der Waals surface area contributed by atoms with Crippen molar-refractivity contribution in [2.24, 2.45) is 5.73 Å². The van der Waals surface area contributed by atoms with E-state index in [4.69, 9.17) is 15.2 Å². The van der Waals surface area contributed by atoms with E-state index in [1.54, 1.807) is 0 Å². The van der Waals surface area contributed by atoms with E-state index in [1.165, 1.54) is 5.56 Å². The summed E-state index contributed by atoms with van der Waals surface area (Å²) in [5.41, 5.74) is 8.08. The van der Waals surface area contributed by atoms with Gasteiger partial charge in [0.2, 0.25) is 0 Å². The third-order valence-corrected chi connectivity index (χ3v) is 3.54. The van der Waals surface area contributed by atoms with Crippen LogP contribution in [-0.2, 0) is 6.42 Å². The van der Waals surface area contributed by atoms with Crippen molar-refractivity contribution in [1.29, 1.82) is 0 Å². The molecule has 0 aliphatic heterocycles. The fourth-order valence-electron chi connectivity index (χ4n) is 2.27. The van der Waals surface area contributed by atoms with Crippen LogP contribution in [0.25, 0.3) is 0 Å². The molecule has 118 valence electrons. The molecule has 0 unspecified atom stereocenters. The molecule has 0 heterocycles. The van der Waals surface area contributed by atoms with Crippen LogP contribution in [0.5, 0.6) is 11.5 Å². The van der Waals surface area contributed by atoms with Crippen molar-refractivity contribution in [2.45, 2.75) is 26.2 Å². The Morgan fingerprint density at radius 1 is 0.909 bits per heavy atom. The molecule has 0 spiro atoms. The average Bonchev–Trinajstić information content (AvgIpc) is 2.53. The van der Waals surface area contributed by atoms with Crippen molar-refractivity contribution in [3.63, 3.8) is 0 Å². The number of ether oxygens (including phenoxy) is 2. The van der Waals surface area contributed by atoms with Gasteiger partial charge in [-0.2, -0.15) is 0 Å². The molecule has 2 N–H and O–H groups in total. The number of nitrogens with two attached hydrogens (primary N) is 1. The van der Waals surface area contributed by atoms with Gasteiger partial charge in [-0.05, 0) is 48.2 Å². The van der Waals surface area contributed by atoms with Crippen LogP contribution in [0.15, 0.2) is 48.5 Å². The third-order valence-electron chi connectivity index (χ3n) is 3.54. The van der Waals surface area contributed by atoms with Crippen LogP contribution >= 0.6 is 0 Å². The summed E-state index contributed by atoms with van der Waals surface area (Å²) in [7, 11) is 0. The predicted molar refractivity (Wildman–Crippen MR) is 90.7 cm³/mol. The highest BCUT2D eigenvalue weighted by Gasteiger charge is 2.03. The minimum atomic E-state index is 0.521. The largest absolute Gasteiger partial charge is 0.490 e. The van der Waals surface area contributed by atoms with Crippen LogP contribution in [0.1, 0.15) is 30.9 Å². The molecular formula is C19H25NO2. The van der Waals surface area contributed by atoms with Crippen LogP contribution in [0.3, 0.4) is 0 Å². The number of para-hydroxylation sites is 1. The zero-order valence-corrected chi connectivity index (χ0v) is 13.4. The zero-order valence-electron chi connectivity index (χ0n) is 13.4. The van der Waals surface area contributed by atoms with E-state index in [1.807, 2.05) is 36.4 Å². The molecule has 0 aliphatic rings. The van der Waals surface area contributed by atoms with Gasteiger partial charge < -0.3 is 15.2 Å². The molecule has 0 bridgehead atoms. The second kappa shape index (κ2) is 8.44. The lowest BCUT2D eigenvalue weighted by Crippen LogP contribution is -2.11. The first kappa shape index (κ1) is 16.4. The van der Waals surface area contributed by atoms with Crippen molar-refractivity contribution in [1.82, 2.24) is 0 Å². The van der Waals surface area contributed by atoms with E-state index >= 15 is 0 Å². The summed E-state index contributed by atoms with van der Waals surface area (Å²) in [4.78, 5) is 0. The second-order valence-electron chi connectivity index (χ2n) is 5.57. The molecule has 2 rings (SSSR count). The molecule has 0 fully saturated rings. The fraction of sp³-hybridized carbons (Fsp3) is 0.368. The highest BCUT2D eigenvalue weighted by atomic mass is 16.5. The molecule has 0 radical (unpaired) electrons.